The maximum Gasteiger partial charge on any atom is 0.290 e. The van der Waals surface area contributed by atoms with Gasteiger partial charge in [-0.3, -0.25) is 4.79 Å². The smallest absolute Gasteiger partial charge is 0.290 e. The summed E-state index contributed by atoms with van der Waals surface area (Å²) in [6.45, 7) is 5.96. The Morgan fingerprint density at radius 1 is 1.68 bits per heavy atom. The van der Waals surface area contributed by atoms with Crippen molar-refractivity contribution in [1.29, 1.82) is 0 Å². The molecule has 0 aromatic carbocycles. The third-order valence-corrected chi connectivity index (χ3v) is 3.87. The molecular formula is C13H22N2O3S. The summed E-state index contributed by atoms with van der Waals surface area (Å²) in [5, 5.41) is 16.5. The van der Waals surface area contributed by atoms with Gasteiger partial charge in [0, 0.05) is 24.3 Å². The van der Waals surface area contributed by atoms with E-state index in [2.05, 4.69) is 17.4 Å². The number of rotatable bonds is 7. The minimum atomic E-state index is -0.922. The van der Waals surface area contributed by atoms with E-state index in [1.807, 2.05) is 13.2 Å². The summed E-state index contributed by atoms with van der Waals surface area (Å²) in [5.41, 5.74) is -0.141. The number of aliphatic hydroxyl groups is 1. The second-order valence-corrected chi connectivity index (χ2v) is 5.90. The van der Waals surface area contributed by atoms with E-state index in [1.54, 1.807) is 13.0 Å². The summed E-state index contributed by atoms with van der Waals surface area (Å²) >= 11 is 1.53. The summed E-state index contributed by atoms with van der Waals surface area (Å²) < 4.78 is 5.03. The van der Waals surface area contributed by atoms with Crippen molar-refractivity contribution in [3.8, 4) is 0 Å². The van der Waals surface area contributed by atoms with E-state index in [0.29, 0.717) is 5.75 Å². The molecule has 2 atom stereocenters. The Hall–Kier alpha value is -1.01. The molecule has 0 aliphatic rings. The molecule has 5 nitrogen and oxygen atoms in total. The summed E-state index contributed by atoms with van der Waals surface area (Å²) in [6.07, 6.45) is 2.85. The third-order valence-electron chi connectivity index (χ3n) is 2.95. The molecule has 0 radical (unpaired) electrons. The van der Waals surface area contributed by atoms with Crippen LogP contribution in [0, 0.1) is 0 Å². The molecule has 0 saturated heterocycles. The van der Waals surface area contributed by atoms with Gasteiger partial charge in [-0.15, -0.1) is 0 Å². The number of nitrogens with zero attached hydrogens (tertiary/aromatic N) is 1. The van der Waals surface area contributed by atoms with Gasteiger partial charge in [0.15, 0.2) is 0 Å². The highest BCUT2D eigenvalue weighted by Gasteiger charge is 2.22. The molecule has 108 valence electrons. The second-order valence-electron chi connectivity index (χ2n) is 5.04. The van der Waals surface area contributed by atoms with Crippen molar-refractivity contribution < 1.29 is 14.4 Å². The van der Waals surface area contributed by atoms with Crippen LogP contribution < -0.4 is 5.32 Å². The first kappa shape index (κ1) is 16.0. The van der Waals surface area contributed by atoms with Crippen LogP contribution in [-0.4, -0.2) is 40.3 Å². The summed E-state index contributed by atoms with van der Waals surface area (Å²) in [5.74, 6) is 0.672. The van der Waals surface area contributed by atoms with Crippen molar-refractivity contribution in [2.45, 2.75) is 38.7 Å². The Bertz CT molecular complexity index is 418. The highest BCUT2D eigenvalue weighted by molar-refractivity contribution is 7.98. The van der Waals surface area contributed by atoms with Crippen molar-refractivity contribution in [3.63, 3.8) is 0 Å². The van der Waals surface area contributed by atoms with Gasteiger partial charge in [-0.1, -0.05) is 19.0 Å². The predicted molar refractivity (Wildman–Crippen MR) is 76.5 cm³/mol. The standard InChI is InChI=1S/C13H22N2O3S/c1-5-9(2)10-6-11(18-15-10)12(16)14-7-13(3,17)8-19-4/h6,9,17H,5,7-8H2,1-4H3,(H,14,16). The maximum absolute atomic E-state index is 11.9. The minimum Gasteiger partial charge on any atom is -0.387 e. The van der Waals surface area contributed by atoms with Crippen LogP contribution in [0.5, 0.6) is 0 Å². The third kappa shape index (κ3) is 4.87. The zero-order valence-electron chi connectivity index (χ0n) is 11.9. The van der Waals surface area contributed by atoms with E-state index < -0.39 is 5.60 Å². The number of carbonyl (C=O) groups excluding carboxylic acids is 1. The Balaban J connectivity index is 2.57. The summed E-state index contributed by atoms with van der Waals surface area (Å²) in [7, 11) is 0. The molecule has 6 heteroatoms. The van der Waals surface area contributed by atoms with Crippen LogP contribution in [-0.2, 0) is 0 Å². The number of carbonyl (C=O) groups is 1. The zero-order valence-corrected chi connectivity index (χ0v) is 12.7. The monoisotopic (exact) mass is 286 g/mol. The van der Waals surface area contributed by atoms with Crippen molar-refractivity contribution >= 4 is 17.7 Å². The van der Waals surface area contributed by atoms with Gasteiger partial charge in [-0.25, -0.2) is 0 Å². The average molecular weight is 286 g/mol. The highest BCUT2D eigenvalue weighted by Crippen LogP contribution is 2.18. The van der Waals surface area contributed by atoms with E-state index in [-0.39, 0.29) is 24.1 Å². The predicted octanol–water partition coefficient (Wildman–Crippen LogP) is 2.03. The Morgan fingerprint density at radius 3 is 2.95 bits per heavy atom. The van der Waals surface area contributed by atoms with Gasteiger partial charge in [0.2, 0.25) is 5.76 Å². The first-order chi connectivity index (χ1) is 8.89. The van der Waals surface area contributed by atoms with Gasteiger partial charge in [-0.05, 0) is 19.6 Å². The van der Waals surface area contributed by atoms with Crippen LogP contribution in [0.15, 0.2) is 10.6 Å². The first-order valence-corrected chi connectivity index (χ1v) is 7.75. The van der Waals surface area contributed by atoms with Crippen molar-refractivity contribution in [2.75, 3.05) is 18.6 Å². The van der Waals surface area contributed by atoms with E-state index in [4.69, 9.17) is 4.52 Å². The molecule has 0 aliphatic carbocycles. The van der Waals surface area contributed by atoms with Crippen LogP contribution >= 0.6 is 11.8 Å². The maximum atomic E-state index is 11.9. The molecule has 0 spiro atoms. The molecule has 1 aromatic rings. The molecule has 19 heavy (non-hydrogen) atoms. The van der Waals surface area contributed by atoms with E-state index in [9.17, 15) is 9.90 Å². The SMILES string of the molecule is CCC(C)c1cc(C(=O)NCC(C)(O)CSC)on1. The fraction of sp³-hybridized carbons (Fsp3) is 0.692. The van der Waals surface area contributed by atoms with Gasteiger partial charge in [0.05, 0.1) is 11.3 Å². The van der Waals surface area contributed by atoms with Gasteiger partial charge < -0.3 is 14.9 Å². The molecule has 2 unspecified atom stereocenters. The van der Waals surface area contributed by atoms with E-state index in [0.717, 1.165) is 12.1 Å². The molecule has 1 heterocycles. The number of aromatic nitrogens is 1. The fourth-order valence-electron chi connectivity index (χ4n) is 1.56. The van der Waals surface area contributed by atoms with Gasteiger partial charge in [0.25, 0.3) is 5.91 Å². The number of thioether (sulfide) groups is 1. The van der Waals surface area contributed by atoms with Crippen molar-refractivity contribution in [2.24, 2.45) is 0 Å². The van der Waals surface area contributed by atoms with Gasteiger partial charge in [0.1, 0.15) is 0 Å². The van der Waals surface area contributed by atoms with E-state index >= 15 is 0 Å². The van der Waals surface area contributed by atoms with Gasteiger partial charge >= 0.3 is 0 Å². The number of hydrogen-bond donors (Lipinski definition) is 2. The lowest BCUT2D eigenvalue weighted by Crippen LogP contribution is -2.42. The number of hydrogen-bond acceptors (Lipinski definition) is 5. The van der Waals surface area contributed by atoms with Gasteiger partial charge in [-0.2, -0.15) is 11.8 Å². The molecule has 1 aromatic heterocycles. The first-order valence-electron chi connectivity index (χ1n) is 6.35. The van der Waals surface area contributed by atoms with Crippen molar-refractivity contribution in [1.82, 2.24) is 10.5 Å². The molecule has 1 amide bonds. The lowest BCUT2D eigenvalue weighted by atomic mass is 10.1. The lowest BCUT2D eigenvalue weighted by Gasteiger charge is -2.21. The minimum absolute atomic E-state index is 0.187. The van der Waals surface area contributed by atoms with Crippen molar-refractivity contribution in [3.05, 3.63) is 17.5 Å². The molecule has 2 N–H and O–H groups in total. The lowest BCUT2D eigenvalue weighted by molar-refractivity contribution is 0.0705. The number of nitrogens with one attached hydrogen (secondary N) is 1. The van der Waals surface area contributed by atoms with Crippen LogP contribution in [0.1, 0.15) is 49.4 Å². The molecule has 0 aliphatic heterocycles. The fourth-order valence-corrected chi connectivity index (χ4v) is 2.28. The van der Waals surface area contributed by atoms with Crippen LogP contribution in [0.2, 0.25) is 0 Å². The summed E-state index contributed by atoms with van der Waals surface area (Å²) in [4.78, 5) is 11.9. The number of amides is 1. The quantitative estimate of drug-likeness (QED) is 0.802. The molecule has 0 bridgehead atoms. The highest BCUT2D eigenvalue weighted by atomic mass is 32.2. The molecule has 1 rings (SSSR count). The Morgan fingerprint density at radius 2 is 2.37 bits per heavy atom. The van der Waals surface area contributed by atoms with Crippen LogP contribution in [0.3, 0.4) is 0 Å². The summed E-state index contributed by atoms with van der Waals surface area (Å²) in [6, 6.07) is 1.66. The van der Waals surface area contributed by atoms with Crippen LogP contribution in [0.4, 0.5) is 0 Å². The second kappa shape index (κ2) is 6.96. The molecule has 0 saturated carbocycles. The normalized spacial score (nSPS) is 15.8. The average Bonchev–Trinajstić information content (AvgIpc) is 2.84. The van der Waals surface area contributed by atoms with E-state index in [1.165, 1.54) is 11.8 Å². The molecular weight excluding hydrogens is 264 g/mol. The Labute approximate surface area is 118 Å². The molecule has 0 fully saturated rings. The zero-order chi connectivity index (χ0) is 14.5. The Kier molecular flexibility index (Phi) is 5.87. The van der Waals surface area contributed by atoms with Crippen LogP contribution in [0.25, 0.3) is 0 Å². The largest absolute Gasteiger partial charge is 0.387 e. The topological polar surface area (TPSA) is 75.4 Å².